The van der Waals surface area contributed by atoms with Crippen LogP contribution < -0.4 is 10.2 Å². The molecule has 0 unspecified atom stereocenters. The van der Waals surface area contributed by atoms with E-state index in [1.807, 2.05) is 72.1 Å². The smallest absolute Gasteiger partial charge is 0.253 e. The van der Waals surface area contributed by atoms with E-state index in [0.717, 1.165) is 33.0 Å². The number of amides is 2. The lowest BCUT2D eigenvalue weighted by molar-refractivity contribution is -0.136. The molecule has 0 bridgehead atoms. The third-order valence-electron chi connectivity index (χ3n) is 6.35. The molecule has 0 aliphatic carbocycles. The van der Waals surface area contributed by atoms with Crippen LogP contribution in [0.5, 0.6) is 0 Å². The Morgan fingerprint density at radius 1 is 1.28 bits per heavy atom. The fraction of sp³-hybridized carbons (Fsp3) is 0.364. The topological polar surface area (TPSA) is 52.7 Å². The zero-order valence-electron chi connectivity index (χ0n) is 16.1. The molecule has 2 saturated heterocycles. The van der Waals surface area contributed by atoms with Crippen LogP contribution in [0.2, 0.25) is 0 Å². The summed E-state index contributed by atoms with van der Waals surface area (Å²) in [5.74, 6) is 1.29. The molecule has 0 radical (unpaired) electrons. The van der Waals surface area contributed by atoms with Gasteiger partial charge in [0, 0.05) is 45.6 Å². The van der Waals surface area contributed by atoms with Gasteiger partial charge in [-0.3, -0.25) is 14.5 Å². The van der Waals surface area contributed by atoms with Crippen molar-refractivity contribution in [3.63, 3.8) is 0 Å². The number of anilines is 2. The minimum Gasteiger partial charge on any atom is -0.326 e. The van der Waals surface area contributed by atoms with Crippen LogP contribution in [0.4, 0.5) is 11.4 Å². The molecule has 2 amide bonds. The van der Waals surface area contributed by atoms with Gasteiger partial charge in [-0.2, -0.15) is 0 Å². The quantitative estimate of drug-likeness (QED) is 0.733. The van der Waals surface area contributed by atoms with Crippen molar-refractivity contribution in [2.24, 2.45) is 5.92 Å². The Morgan fingerprint density at radius 2 is 2.10 bits per heavy atom. The van der Waals surface area contributed by atoms with E-state index in [1.54, 1.807) is 0 Å². The van der Waals surface area contributed by atoms with Crippen LogP contribution in [-0.2, 0) is 15.1 Å². The summed E-state index contributed by atoms with van der Waals surface area (Å²) in [5.41, 5.74) is 1.76. The Morgan fingerprint density at radius 3 is 2.90 bits per heavy atom. The number of hydrogen-bond acceptors (Lipinski definition) is 4. The van der Waals surface area contributed by atoms with E-state index in [-0.39, 0.29) is 17.9 Å². The standard InChI is InChI=1S/C22H22BrN3O2S/c1-2-25-19-9-4-3-8-17(19)22(21(25)28)18(11-16-12-29-13-26(16)22)20(27)24-15-7-5-6-14(23)10-15/h3-10,16,18H,2,11-13H2,1H3,(H,24,27)/t16-,18-,22+/m1/s1. The number of carbonyl (C=O) groups excluding carboxylic acids is 2. The van der Waals surface area contributed by atoms with E-state index in [1.165, 1.54) is 0 Å². The summed E-state index contributed by atoms with van der Waals surface area (Å²) in [4.78, 5) is 31.5. The van der Waals surface area contributed by atoms with Gasteiger partial charge in [-0.25, -0.2) is 0 Å². The number of hydrogen-bond donors (Lipinski definition) is 1. The molecule has 5 nitrogen and oxygen atoms in total. The number of rotatable bonds is 3. The first-order valence-corrected chi connectivity index (χ1v) is 11.8. The van der Waals surface area contributed by atoms with Crippen molar-refractivity contribution in [1.82, 2.24) is 4.90 Å². The molecule has 5 rings (SSSR count). The Balaban J connectivity index is 1.61. The molecule has 1 spiro atoms. The monoisotopic (exact) mass is 471 g/mol. The number of thioether (sulfide) groups is 1. The van der Waals surface area contributed by atoms with E-state index in [9.17, 15) is 9.59 Å². The highest BCUT2D eigenvalue weighted by Gasteiger charge is 2.67. The molecular weight excluding hydrogens is 450 g/mol. The van der Waals surface area contributed by atoms with Crippen LogP contribution in [0.15, 0.2) is 53.0 Å². The Labute approximate surface area is 183 Å². The van der Waals surface area contributed by atoms with Crippen molar-refractivity contribution in [1.29, 1.82) is 0 Å². The molecule has 2 aromatic carbocycles. The maximum Gasteiger partial charge on any atom is 0.253 e. The van der Waals surface area contributed by atoms with Gasteiger partial charge in [0.1, 0.15) is 5.54 Å². The molecule has 1 N–H and O–H groups in total. The van der Waals surface area contributed by atoms with Crippen molar-refractivity contribution < 1.29 is 9.59 Å². The van der Waals surface area contributed by atoms with Crippen molar-refractivity contribution in [2.75, 3.05) is 28.4 Å². The minimum atomic E-state index is -0.906. The number of fused-ring (bicyclic) bond motifs is 4. The van der Waals surface area contributed by atoms with E-state index >= 15 is 0 Å². The summed E-state index contributed by atoms with van der Waals surface area (Å²) < 4.78 is 0.910. The first-order valence-electron chi connectivity index (χ1n) is 9.89. The molecule has 7 heteroatoms. The molecule has 0 aromatic heterocycles. The number of halogens is 1. The van der Waals surface area contributed by atoms with Crippen LogP contribution >= 0.6 is 27.7 Å². The highest BCUT2D eigenvalue weighted by Crippen LogP contribution is 2.57. The van der Waals surface area contributed by atoms with Gasteiger partial charge in [0.2, 0.25) is 5.91 Å². The molecule has 2 aromatic rings. The molecule has 3 heterocycles. The molecular formula is C22H22BrN3O2S. The Kier molecular flexibility index (Phi) is 4.72. The van der Waals surface area contributed by atoms with Crippen LogP contribution in [0, 0.1) is 5.92 Å². The van der Waals surface area contributed by atoms with Crippen LogP contribution in [0.25, 0.3) is 0 Å². The van der Waals surface area contributed by atoms with Crippen molar-refractivity contribution in [3.05, 3.63) is 58.6 Å². The highest BCUT2D eigenvalue weighted by molar-refractivity contribution is 9.10. The van der Waals surface area contributed by atoms with Gasteiger partial charge < -0.3 is 10.2 Å². The predicted octanol–water partition coefficient (Wildman–Crippen LogP) is 4.04. The molecule has 150 valence electrons. The highest BCUT2D eigenvalue weighted by atomic mass is 79.9. The van der Waals surface area contributed by atoms with Crippen LogP contribution in [0.3, 0.4) is 0 Å². The number of likely N-dealkylation sites (N-methyl/N-ethyl adjacent to an activating group) is 1. The van der Waals surface area contributed by atoms with Gasteiger partial charge in [-0.05, 0) is 37.6 Å². The van der Waals surface area contributed by atoms with E-state index < -0.39 is 11.5 Å². The first kappa shape index (κ1) is 19.2. The molecule has 0 saturated carbocycles. The van der Waals surface area contributed by atoms with E-state index in [0.29, 0.717) is 13.0 Å². The van der Waals surface area contributed by atoms with Crippen LogP contribution in [0.1, 0.15) is 18.9 Å². The fourth-order valence-corrected chi connectivity index (χ4v) is 6.90. The van der Waals surface area contributed by atoms with Gasteiger partial charge in [0.15, 0.2) is 0 Å². The van der Waals surface area contributed by atoms with Crippen molar-refractivity contribution in [3.8, 4) is 0 Å². The lowest BCUT2D eigenvalue weighted by Crippen LogP contribution is -2.55. The van der Waals surface area contributed by atoms with Gasteiger partial charge in [-0.15, -0.1) is 11.8 Å². The fourth-order valence-electron chi connectivity index (χ4n) is 5.19. The lowest BCUT2D eigenvalue weighted by Gasteiger charge is -2.36. The van der Waals surface area contributed by atoms with Crippen molar-refractivity contribution >= 4 is 50.9 Å². The molecule has 3 aliphatic heterocycles. The zero-order chi connectivity index (χ0) is 20.2. The second-order valence-corrected chi connectivity index (χ2v) is 9.66. The predicted molar refractivity (Wildman–Crippen MR) is 120 cm³/mol. The van der Waals surface area contributed by atoms with Crippen molar-refractivity contribution in [2.45, 2.75) is 24.9 Å². The number of carbonyl (C=O) groups is 2. The molecule has 29 heavy (non-hydrogen) atoms. The van der Waals surface area contributed by atoms with E-state index in [4.69, 9.17) is 0 Å². The number of benzene rings is 2. The summed E-state index contributed by atoms with van der Waals surface area (Å²) >= 11 is 5.31. The first-order chi connectivity index (χ1) is 14.1. The second-order valence-electron chi connectivity index (χ2n) is 7.74. The maximum atomic E-state index is 13.9. The SMILES string of the molecule is CCN1C(=O)[C@]2(c3ccccc31)[C@@H](C(=O)Nc1cccc(Br)c1)C[C@@H]1CSCN12. The zero-order valence-corrected chi connectivity index (χ0v) is 18.5. The summed E-state index contributed by atoms with van der Waals surface area (Å²) in [6.07, 6.45) is 0.699. The second kappa shape index (κ2) is 7.15. The summed E-state index contributed by atoms with van der Waals surface area (Å²) in [7, 11) is 0. The van der Waals surface area contributed by atoms with Crippen LogP contribution in [-0.4, -0.2) is 40.9 Å². The molecule has 3 aliphatic rings. The third-order valence-corrected chi connectivity index (χ3v) is 7.92. The maximum absolute atomic E-state index is 13.9. The third kappa shape index (κ3) is 2.71. The van der Waals surface area contributed by atoms with E-state index in [2.05, 4.69) is 26.1 Å². The minimum absolute atomic E-state index is 0.0422. The summed E-state index contributed by atoms with van der Waals surface area (Å²) in [6, 6.07) is 15.8. The van der Waals surface area contributed by atoms with Gasteiger partial charge >= 0.3 is 0 Å². The average Bonchev–Trinajstić information content (AvgIpc) is 3.35. The normalized spacial score (nSPS) is 28.1. The Bertz CT molecular complexity index is 1000. The lowest BCUT2D eigenvalue weighted by atomic mass is 9.79. The molecule has 3 atom stereocenters. The summed E-state index contributed by atoms with van der Waals surface area (Å²) in [5, 5.41) is 3.08. The number of nitrogens with zero attached hydrogens (tertiary/aromatic N) is 2. The Hall–Kier alpha value is -1.83. The largest absolute Gasteiger partial charge is 0.326 e. The number of para-hydroxylation sites is 1. The van der Waals surface area contributed by atoms with Gasteiger partial charge in [0.25, 0.3) is 5.91 Å². The average molecular weight is 472 g/mol. The van der Waals surface area contributed by atoms with Gasteiger partial charge in [0.05, 0.1) is 5.92 Å². The molecule has 2 fully saturated rings. The summed E-state index contributed by atoms with van der Waals surface area (Å²) in [6.45, 7) is 2.60. The number of nitrogens with one attached hydrogen (secondary N) is 1. The van der Waals surface area contributed by atoms with Gasteiger partial charge in [-0.1, -0.05) is 40.2 Å².